The van der Waals surface area contributed by atoms with Gasteiger partial charge in [0.1, 0.15) is 23.4 Å². The van der Waals surface area contributed by atoms with E-state index in [4.69, 9.17) is 21.3 Å². The molecule has 1 N–H and O–H groups in total. The Morgan fingerprint density at radius 2 is 1.77 bits per heavy atom. The zero-order chi connectivity index (χ0) is 24.4. The van der Waals surface area contributed by atoms with Crippen LogP contribution in [0, 0.1) is 11.7 Å². The van der Waals surface area contributed by atoms with Crippen LogP contribution in [-0.2, 0) is 4.79 Å². The summed E-state index contributed by atoms with van der Waals surface area (Å²) in [6, 6.07) is 10.2. The Morgan fingerprint density at radius 3 is 2.46 bits per heavy atom. The quantitative estimate of drug-likeness (QED) is 0.396. The fourth-order valence-electron chi connectivity index (χ4n) is 5.85. The van der Waals surface area contributed by atoms with Crippen LogP contribution in [0.4, 0.5) is 4.39 Å². The Bertz CT molecular complexity index is 1200. The van der Waals surface area contributed by atoms with Gasteiger partial charge in [-0.3, -0.25) is 4.79 Å². The number of halogens is 2. The molecule has 5 nitrogen and oxygen atoms in total. The molecule has 1 amide bonds. The minimum absolute atomic E-state index is 0.0432. The van der Waals surface area contributed by atoms with E-state index < -0.39 is 11.9 Å². The maximum atomic E-state index is 14.5. The summed E-state index contributed by atoms with van der Waals surface area (Å²) in [4.78, 5) is 18.9. The number of nitrogens with one attached hydrogen (secondary N) is 1. The number of ether oxygens (including phenoxy) is 1. The topological polar surface area (TPSA) is 56.2 Å². The highest BCUT2D eigenvalue weighted by Crippen LogP contribution is 2.39. The van der Waals surface area contributed by atoms with Crippen molar-refractivity contribution in [3.8, 4) is 17.1 Å². The zero-order valence-corrected chi connectivity index (χ0v) is 21.0. The summed E-state index contributed by atoms with van der Waals surface area (Å²) in [6.45, 7) is 0. The van der Waals surface area contributed by atoms with Gasteiger partial charge in [-0.15, -0.1) is 0 Å². The molecule has 1 atom stereocenters. The minimum atomic E-state index is -0.499. The fourth-order valence-corrected chi connectivity index (χ4v) is 5.96. The molecule has 2 aliphatic carbocycles. The number of rotatable bonds is 6. The van der Waals surface area contributed by atoms with E-state index in [1.807, 2.05) is 22.8 Å². The molecule has 3 aromatic rings. The Kier molecular flexibility index (Phi) is 7.28. The van der Waals surface area contributed by atoms with Crippen LogP contribution < -0.4 is 10.1 Å². The lowest BCUT2D eigenvalue weighted by Gasteiger charge is -2.33. The van der Waals surface area contributed by atoms with E-state index >= 15 is 0 Å². The third kappa shape index (κ3) is 5.04. The molecular weight excluding hydrogens is 465 g/mol. The second-order valence-corrected chi connectivity index (χ2v) is 10.4. The van der Waals surface area contributed by atoms with Gasteiger partial charge in [0, 0.05) is 17.7 Å². The van der Waals surface area contributed by atoms with E-state index in [0.717, 1.165) is 62.4 Å². The summed E-state index contributed by atoms with van der Waals surface area (Å²) in [7, 11) is 1.63. The molecule has 2 aliphatic rings. The Balaban J connectivity index is 1.66. The molecule has 0 spiro atoms. The molecular formula is C28H33ClFN3O2. The van der Waals surface area contributed by atoms with Crippen LogP contribution in [0.5, 0.6) is 5.75 Å². The molecule has 1 unspecified atom stereocenters. The molecule has 2 fully saturated rings. The molecule has 186 valence electrons. The van der Waals surface area contributed by atoms with Gasteiger partial charge in [0.2, 0.25) is 5.91 Å². The average molecular weight is 498 g/mol. The van der Waals surface area contributed by atoms with Gasteiger partial charge in [-0.2, -0.15) is 0 Å². The Hall–Kier alpha value is -2.60. The van der Waals surface area contributed by atoms with Crippen molar-refractivity contribution in [1.82, 2.24) is 14.9 Å². The smallest absolute Gasteiger partial charge is 0.243 e. The van der Waals surface area contributed by atoms with Crippen LogP contribution >= 0.6 is 11.6 Å². The minimum Gasteiger partial charge on any atom is -0.497 e. The molecule has 35 heavy (non-hydrogen) atoms. The summed E-state index contributed by atoms with van der Waals surface area (Å²) in [5, 5.41) is 3.45. The van der Waals surface area contributed by atoms with Gasteiger partial charge in [-0.25, -0.2) is 9.37 Å². The standard InChI is InChI=1S/C28H33ClFN3O2/c1-35-21-13-15-24-25(17-21)33(27(32-24)19-12-14-22(29)23(30)16-19)26(18-8-4-2-5-9-18)28(34)31-20-10-6-3-7-11-20/h12-18,20,26H,2-11H2,1H3,(H,31,34). The van der Waals surface area contributed by atoms with Crippen molar-refractivity contribution in [2.75, 3.05) is 7.11 Å². The van der Waals surface area contributed by atoms with E-state index in [2.05, 4.69) is 5.32 Å². The van der Waals surface area contributed by atoms with Crippen molar-refractivity contribution >= 4 is 28.5 Å². The molecule has 0 bridgehead atoms. The number of carbonyl (C=O) groups excluding carboxylic acids is 1. The number of hydrogen-bond donors (Lipinski definition) is 1. The van der Waals surface area contributed by atoms with Crippen molar-refractivity contribution in [2.45, 2.75) is 76.3 Å². The third-order valence-corrected chi connectivity index (χ3v) is 7.98. The fraction of sp³-hybridized carbons (Fsp3) is 0.500. The largest absolute Gasteiger partial charge is 0.497 e. The maximum absolute atomic E-state index is 14.5. The summed E-state index contributed by atoms with van der Waals surface area (Å²) < 4.78 is 22.1. The third-order valence-electron chi connectivity index (χ3n) is 7.67. The van der Waals surface area contributed by atoms with Crippen LogP contribution in [0.25, 0.3) is 22.4 Å². The normalized spacial score (nSPS) is 18.5. The summed E-state index contributed by atoms with van der Waals surface area (Å²) >= 11 is 5.99. The van der Waals surface area contributed by atoms with Crippen LogP contribution in [0.1, 0.15) is 70.3 Å². The van der Waals surface area contributed by atoms with Gasteiger partial charge in [-0.1, -0.05) is 50.1 Å². The van der Waals surface area contributed by atoms with Gasteiger partial charge in [0.25, 0.3) is 0 Å². The average Bonchev–Trinajstić information content (AvgIpc) is 3.25. The number of fused-ring (bicyclic) bond motifs is 1. The second kappa shape index (κ2) is 10.6. The maximum Gasteiger partial charge on any atom is 0.243 e. The van der Waals surface area contributed by atoms with Crippen LogP contribution in [-0.4, -0.2) is 28.6 Å². The monoisotopic (exact) mass is 497 g/mol. The lowest BCUT2D eigenvalue weighted by Crippen LogP contribution is -2.43. The number of carbonyl (C=O) groups is 1. The van der Waals surface area contributed by atoms with E-state index in [9.17, 15) is 9.18 Å². The van der Waals surface area contributed by atoms with Gasteiger partial charge < -0.3 is 14.6 Å². The van der Waals surface area contributed by atoms with E-state index in [1.165, 1.54) is 18.9 Å². The number of hydrogen-bond acceptors (Lipinski definition) is 3. The molecule has 0 aliphatic heterocycles. The number of aromatic nitrogens is 2. The number of imidazole rings is 1. The number of nitrogens with zero attached hydrogens (tertiary/aromatic N) is 2. The molecule has 0 radical (unpaired) electrons. The Labute approximate surface area is 211 Å². The SMILES string of the molecule is COc1ccc2nc(-c3ccc(Cl)c(F)c3)n(C(C(=O)NC3CCCCC3)C3CCCCC3)c2c1. The van der Waals surface area contributed by atoms with E-state index in [0.29, 0.717) is 17.1 Å². The summed E-state index contributed by atoms with van der Waals surface area (Å²) in [5.74, 6) is 1.01. The number of benzene rings is 2. The number of methoxy groups -OCH3 is 1. The first-order valence-electron chi connectivity index (χ1n) is 12.9. The van der Waals surface area contributed by atoms with Gasteiger partial charge in [0.05, 0.1) is 23.2 Å². The molecule has 2 aromatic carbocycles. The van der Waals surface area contributed by atoms with Crippen molar-refractivity contribution in [1.29, 1.82) is 0 Å². The van der Waals surface area contributed by atoms with Crippen molar-refractivity contribution in [3.05, 3.63) is 47.2 Å². The molecule has 7 heteroatoms. The first kappa shape index (κ1) is 24.1. The van der Waals surface area contributed by atoms with Gasteiger partial charge in [0.15, 0.2) is 0 Å². The van der Waals surface area contributed by atoms with Gasteiger partial charge in [-0.05, 0) is 61.9 Å². The molecule has 0 saturated heterocycles. The Morgan fingerprint density at radius 1 is 1.06 bits per heavy atom. The summed E-state index contributed by atoms with van der Waals surface area (Å²) in [5.41, 5.74) is 2.18. The van der Waals surface area contributed by atoms with Crippen LogP contribution in [0.15, 0.2) is 36.4 Å². The molecule has 1 heterocycles. The van der Waals surface area contributed by atoms with Crippen molar-refractivity contribution < 1.29 is 13.9 Å². The predicted molar refractivity (Wildman–Crippen MR) is 137 cm³/mol. The highest BCUT2D eigenvalue weighted by molar-refractivity contribution is 6.30. The number of amides is 1. The summed E-state index contributed by atoms with van der Waals surface area (Å²) in [6.07, 6.45) is 11.0. The van der Waals surface area contributed by atoms with Crippen LogP contribution in [0.2, 0.25) is 5.02 Å². The van der Waals surface area contributed by atoms with Gasteiger partial charge >= 0.3 is 0 Å². The molecule has 5 rings (SSSR count). The van der Waals surface area contributed by atoms with E-state index in [-0.39, 0.29) is 22.9 Å². The van der Waals surface area contributed by atoms with E-state index in [1.54, 1.807) is 19.2 Å². The van der Waals surface area contributed by atoms with Crippen molar-refractivity contribution in [3.63, 3.8) is 0 Å². The van der Waals surface area contributed by atoms with Crippen molar-refractivity contribution in [2.24, 2.45) is 5.92 Å². The first-order valence-corrected chi connectivity index (χ1v) is 13.2. The first-order chi connectivity index (χ1) is 17.0. The molecule has 2 saturated carbocycles. The highest BCUT2D eigenvalue weighted by Gasteiger charge is 2.35. The van der Waals surface area contributed by atoms with Crippen LogP contribution in [0.3, 0.4) is 0 Å². The zero-order valence-electron chi connectivity index (χ0n) is 20.2. The lowest BCUT2D eigenvalue weighted by molar-refractivity contribution is -0.127. The lowest BCUT2D eigenvalue weighted by atomic mass is 9.82. The predicted octanol–water partition coefficient (Wildman–Crippen LogP) is 7.07. The second-order valence-electron chi connectivity index (χ2n) is 9.98. The highest BCUT2D eigenvalue weighted by atomic mass is 35.5. The molecule has 1 aromatic heterocycles.